The van der Waals surface area contributed by atoms with Gasteiger partial charge in [-0.1, -0.05) is 44.4 Å². The van der Waals surface area contributed by atoms with E-state index in [9.17, 15) is 0 Å². The fourth-order valence-electron chi connectivity index (χ4n) is 1.94. The number of hydrogen-bond donors (Lipinski definition) is 2. The molecule has 0 unspecified atom stereocenters. The van der Waals surface area contributed by atoms with Crippen LogP contribution in [0.25, 0.3) is 0 Å². The van der Waals surface area contributed by atoms with E-state index >= 15 is 0 Å². The first-order chi connectivity index (χ1) is 10.7. The van der Waals surface area contributed by atoms with Crippen molar-refractivity contribution in [2.24, 2.45) is 17.4 Å². The van der Waals surface area contributed by atoms with Gasteiger partial charge in [0.15, 0.2) is 0 Å². The third-order valence-corrected chi connectivity index (χ3v) is 2.96. The molecule has 4 N–H and O–H groups in total. The van der Waals surface area contributed by atoms with E-state index in [-0.39, 0.29) is 0 Å². The predicted octanol–water partition coefficient (Wildman–Crippen LogP) is 3.58. The summed E-state index contributed by atoms with van der Waals surface area (Å²) in [6, 6.07) is 12.9. The smallest absolute Gasteiger partial charge is 0.0991 e. The van der Waals surface area contributed by atoms with Crippen molar-refractivity contribution in [2.45, 2.75) is 46.0 Å². The summed E-state index contributed by atoms with van der Waals surface area (Å²) < 4.78 is 0. The van der Waals surface area contributed by atoms with Crippen LogP contribution in [0.4, 0.5) is 0 Å². The first-order valence-corrected chi connectivity index (χ1v) is 7.86. The Morgan fingerprint density at radius 1 is 1.05 bits per heavy atom. The SMILES string of the molecule is CC#N.CCN.N#Cc1ccccc1.NCC1CCCCC1. The Bertz CT molecular complexity index is 397. The van der Waals surface area contributed by atoms with Gasteiger partial charge in [0.25, 0.3) is 0 Å². The zero-order valence-electron chi connectivity index (χ0n) is 14.0. The van der Waals surface area contributed by atoms with Crippen molar-refractivity contribution in [3.05, 3.63) is 35.9 Å². The molecule has 0 saturated heterocycles. The fraction of sp³-hybridized carbons (Fsp3) is 0.556. The molecule has 1 aliphatic rings. The van der Waals surface area contributed by atoms with Crippen molar-refractivity contribution in [3.63, 3.8) is 0 Å². The highest BCUT2D eigenvalue weighted by Gasteiger charge is 2.09. The van der Waals surface area contributed by atoms with Crippen LogP contribution >= 0.6 is 0 Å². The minimum Gasteiger partial charge on any atom is -0.331 e. The van der Waals surface area contributed by atoms with E-state index in [4.69, 9.17) is 22.0 Å². The van der Waals surface area contributed by atoms with E-state index in [1.807, 2.05) is 31.2 Å². The minimum atomic E-state index is 0.715. The molecule has 0 spiro atoms. The Kier molecular flexibility index (Phi) is 19.5. The van der Waals surface area contributed by atoms with E-state index in [0.717, 1.165) is 19.0 Å². The molecule has 0 amide bonds. The minimum absolute atomic E-state index is 0.715. The highest BCUT2D eigenvalue weighted by molar-refractivity contribution is 5.27. The van der Waals surface area contributed by atoms with Crippen LogP contribution in [0.2, 0.25) is 0 Å². The van der Waals surface area contributed by atoms with Crippen molar-refractivity contribution < 1.29 is 0 Å². The fourth-order valence-corrected chi connectivity index (χ4v) is 1.94. The van der Waals surface area contributed by atoms with Gasteiger partial charge in [-0.05, 0) is 44.0 Å². The van der Waals surface area contributed by atoms with Gasteiger partial charge in [0.05, 0.1) is 17.7 Å². The Balaban J connectivity index is 0. The zero-order valence-corrected chi connectivity index (χ0v) is 14.0. The molecule has 122 valence electrons. The molecule has 1 fully saturated rings. The molecule has 1 aromatic carbocycles. The van der Waals surface area contributed by atoms with Gasteiger partial charge in [0.1, 0.15) is 0 Å². The van der Waals surface area contributed by atoms with Crippen molar-refractivity contribution >= 4 is 0 Å². The van der Waals surface area contributed by atoms with Gasteiger partial charge in [-0.25, -0.2) is 0 Å². The molecule has 0 bridgehead atoms. The lowest BCUT2D eigenvalue weighted by molar-refractivity contribution is 0.366. The molecule has 4 nitrogen and oxygen atoms in total. The van der Waals surface area contributed by atoms with Crippen molar-refractivity contribution in [1.82, 2.24) is 0 Å². The van der Waals surface area contributed by atoms with Gasteiger partial charge in [0, 0.05) is 6.92 Å². The summed E-state index contributed by atoms with van der Waals surface area (Å²) in [6.07, 6.45) is 7.05. The predicted molar refractivity (Wildman–Crippen MR) is 92.8 cm³/mol. The normalized spacial score (nSPS) is 12.6. The van der Waals surface area contributed by atoms with Gasteiger partial charge in [0.2, 0.25) is 0 Å². The number of nitrogens with two attached hydrogens (primary N) is 2. The number of nitriles is 2. The third kappa shape index (κ3) is 16.2. The highest BCUT2D eigenvalue weighted by Crippen LogP contribution is 2.21. The van der Waals surface area contributed by atoms with E-state index in [2.05, 4.69) is 0 Å². The number of hydrogen-bond acceptors (Lipinski definition) is 4. The second kappa shape index (κ2) is 19.1. The molecule has 4 heteroatoms. The van der Waals surface area contributed by atoms with Crippen LogP contribution in [0.1, 0.15) is 51.5 Å². The molecule has 1 aliphatic carbocycles. The van der Waals surface area contributed by atoms with Gasteiger partial charge >= 0.3 is 0 Å². The maximum atomic E-state index is 8.29. The van der Waals surface area contributed by atoms with Crippen molar-refractivity contribution in [3.8, 4) is 12.1 Å². The first kappa shape index (κ1) is 22.4. The Morgan fingerprint density at radius 3 is 1.77 bits per heavy atom. The Hall–Kier alpha value is -1.88. The summed E-state index contributed by atoms with van der Waals surface area (Å²) in [6.45, 7) is 5.00. The van der Waals surface area contributed by atoms with Gasteiger partial charge in [-0.15, -0.1) is 0 Å². The summed E-state index contributed by atoms with van der Waals surface area (Å²) in [5.41, 5.74) is 11.1. The second-order valence-corrected chi connectivity index (χ2v) is 4.85. The summed E-state index contributed by atoms with van der Waals surface area (Å²) in [7, 11) is 0. The molecule has 0 atom stereocenters. The quantitative estimate of drug-likeness (QED) is 0.828. The standard InChI is InChI=1S/C7H15N.C7H5N.C2H7N.C2H3N/c2*8-6-7-4-2-1-3-5-7;2*1-2-3/h7H,1-6,8H2;1-5H;2-3H2,1H3;1H3. The molecule has 1 aromatic rings. The number of rotatable bonds is 1. The lowest BCUT2D eigenvalue weighted by atomic mass is 9.90. The number of benzene rings is 1. The maximum absolute atomic E-state index is 8.29. The summed E-state index contributed by atoms with van der Waals surface area (Å²) >= 11 is 0. The molecule has 2 rings (SSSR count). The average Bonchev–Trinajstić information content (AvgIpc) is 2.58. The van der Waals surface area contributed by atoms with Crippen LogP contribution < -0.4 is 11.5 Å². The summed E-state index contributed by atoms with van der Waals surface area (Å²) in [5, 5.41) is 15.6. The number of nitrogens with zero attached hydrogens (tertiary/aromatic N) is 2. The van der Waals surface area contributed by atoms with Gasteiger partial charge in [-0.2, -0.15) is 10.5 Å². The van der Waals surface area contributed by atoms with Crippen LogP contribution in [-0.4, -0.2) is 13.1 Å². The van der Waals surface area contributed by atoms with Crippen molar-refractivity contribution in [2.75, 3.05) is 13.1 Å². The highest BCUT2D eigenvalue weighted by atomic mass is 14.5. The van der Waals surface area contributed by atoms with Crippen LogP contribution in [-0.2, 0) is 0 Å². The topological polar surface area (TPSA) is 99.6 Å². The van der Waals surface area contributed by atoms with E-state index in [1.165, 1.54) is 39.0 Å². The summed E-state index contributed by atoms with van der Waals surface area (Å²) in [5.74, 6) is 0.865. The molecule has 0 aromatic heterocycles. The van der Waals surface area contributed by atoms with Gasteiger partial charge < -0.3 is 11.5 Å². The molecule has 0 heterocycles. The van der Waals surface area contributed by atoms with Crippen molar-refractivity contribution in [1.29, 1.82) is 10.5 Å². The van der Waals surface area contributed by atoms with E-state index in [1.54, 1.807) is 18.2 Å². The van der Waals surface area contributed by atoms with Crippen LogP contribution in [0.3, 0.4) is 0 Å². The summed E-state index contributed by atoms with van der Waals surface area (Å²) in [4.78, 5) is 0. The first-order valence-electron chi connectivity index (χ1n) is 7.86. The van der Waals surface area contributed by atoms with E-state index in [0.29, 0.717) is 5.56 Å². The van der Waals surface area contributed by atoms with Crippen LogP contribution in [0, 0.1) is 28.6 Å². The Labute approximate surface area is 135 Å². The lowest BCUT2D eigenvalue weighted by Gasteiger charge is -2.18. The van der Waals surface area contributed by atoms with Crippen LogP contribution in [0.15, 0.2) is 30.3 Å². The second-order valence-electron chi connectivity index (χ2n) is 4.85. The average molecular weight is 302 g/mol. The zero-order chi connectivity index (χ0) is 17.1. The van der Waals surface area contributed by atoms with Gasteiger partial charge in [-0.3, -0.25) is 0 Å². The molecule has 0 radical (unpaired) electrons. The molecular weight excluding hydrogens is 272 g/mol. The van der Waals surface area contributed by atoms with Crippen LogP contribution in [0.5, 0.6) is 0 Å². The molecule has 1 saturated carbocycles. The molecule has 22 heavy (non-hydrogen) atoms. The Morgan fingerprint density at radius 2 is 1.50 bits per heavy atom. The molecule has 0 aliphatic heterocycles. The largest absolute Gasteiger partial charge is 0.331 e. The molecular formula is C18H30N4. The maximum Gasteiger partial charge on any atom is 0.0991 e. The van der Waals surface area contributed by atoms with E-state index < -0.39 is 0 Å². The third-order valence-electron chi connectivity index (χ3n) is 2.96. The monoisotopic (exact) mass is 302 g/mol. The lowest BCUT2D eigenvalue weighted by Crippen LogP contribution is -2.16.